The Kier molecular flexibility index (Phi) is 4.42. The first-order chi connectivity index (χ1) is 6.56. The van der Waals surface area contributed by atoms with Crippen LogP contribution in [-0.2, 0) is 4.74 Å². The van der Waals surface area contributed by atoms with Crippen molar-refractivity contribution in [3.8, 4) is 0 Å². The first kappa shape index (κ1) is 12.0. The Labute approximate surface area is 110 Å². The predicted molar refractivity (Wildman–Crippen MR) is 72.2 cm³/mol. The molecule has 0 unspecified atom stereocenters. The summed E-state index contributed by atoms with van der Waals surface area (Å²) in [6.45, 7) is 2.17. The van der Waals surface area contributed by atoms with Gasteiger partial charge in [0.1, 0.15) is 0 Å². The molecular formula is C9H9I2NO2. The van der Waals surface area contributed by atoms with Crippen molar-refractivity contribution in [2.24, 2.45) is 0 Å². The molecule has 0 fully saturated rings. The Morgan fingerprint density at radius 2 is 2.07 bits per heavy atom. The SMILES string of the molecule is CCOC(=O)c1cc(I)c(N)cc1I. The molecular weight excluding hydrogens is 408 g/mol. The van der Waals surface area contributed by atoms with Gasteiger partial charge in [-0.15, -0.1) is 0 Å². The lowest BCUT2D eigenvalue weighted by molar-refractivity contribution is 0.0525. The van der Waals surface area contributed by atoms with E-state index in [2.05, 4.69) is 45.2 Å². The molecule has 0 radical (unpaired) electrons. The predicted octanol–water partition coefficient (Wildman–Crippen LogP) is 2.65. The molecule has 0 heterocycles. The van der Waals surface area contributed by atoms with Gasteiger partial charge in [0, 0.05) is 12.8 Å². The second-order valence-corrected chi connectivity index (χ2v) is 4.90. The number of nitrogens with two attached hydrogens (primary N) is 1. The van der Waals surface area contributed by atoms with E-state index in [1.54, 1.807) is 19.1 Å². The number of hydrogen-bond donors (Lipinski definition) is 1. The van der Waals surface area contributed by atoms with Gasteiger partial charge in [-0.3, -0.25) is 0 Å². The smallest absolute Gasteiger partial charge is 0.339 e. The molecule has 0 aliphatic heterocycles. The summed E-state index contributed by atoms with van der Waals surface area (Å²) in [6.07, 6.45) is 0. The number of anilines is 1. The summed E-state index contributed by atoms with van der Waals surface area (Å²) in [6, 6.07) is 3.52. The van der Waals surface area contributed by atoms with Crippen LogP contribution in [0.1, 0.15) is 17.3 Å². The summed E-state index contributed by atoms with van der Waals surface area (Å²) in [7, 11) is 0. The molecule has 0 bridgehead atoms. The van der Waals surface area contributed by atoms with Crippen LogP contribution in [0.15, 0.2) is 12.1 Å². The van der Waals surface area contributed by atoms with E-state index in [9.17, 15) is 4.79 Å². The van der Waals surface area contributed by atoms with E-state index in [0.29, 0.717) is 17.9 Å². The van der Waals surface area contributed by atoms with Crippen molar-refractivity contribution < 1.29 is 9.53 Å². The van der Waals surface area contributed by atoms with Gasteiger partial charge in [-0.2, -0.15) is 0 Å². The number of carbonyl (C=O) groups is 1. The lowest BCUT2D eigenvalue weighted by Gasteiger charge is -2.06. The molecule has 1 aromatic rings. The van der Waals surface area contributed by atoms with Gasteiger partial charge in [0.25, 0.3) is 0 Å². The minimum absolute atomic E-state index is 0.296. The lowest BCUT2D eigenvalue weighted by Crippen LogP contribution is -2.08. The van der Waals surface area contributed by atoms with Crippen molar-refractivity contribution in [3.63, 3.8) is 0 Å². The summed E-state index contributed by atoms with van der Waals surface area (Å²) in [4.78, 5) is 11.5. The van der Waals surface area contributed by atoms with Crippen molar-refractivity contribution in [3.05, 3.63) is 24.8 Å². The number of nitrogen functional groups attached to an aromatic ring is 1. The summed E-state index contributed by atoms with van der Waals surface area (Å²) in [5, 5.41) is 0. The minimum atomic E-state index is -0.296. The fraction of sp³-hybridized carbons (Fsp3) is 0.222. The van der Waals surface area contributed by atoms with Gasteiger partial charge in [-0.1, -0.05) is 0 Å². The molecule has 0 amide bonds. The standard InChI is InChI=1S/C9H9I2NO2/c1-2-14-9(13)5-3-7(11)8(12)4-6(5)10/h3-4H,2,12H2,1H3. The minimum Gasteiger partial charge on any atom is -0.462 e. The summed E-state index contributed by atoms with van der Waals surface area (Å²) in [5.41, 5.74) is 6.96. The maximum Gasteiger partial charge on any atom is 0.339 e. The van der Waals surface area contributed by atoms with Gasteiger partial charge in [-0.05, 0) is 64.2 Å². The topological polar surface area (TPSA) is 52.3 Å². The second kappa shape index (κ2) is 5.15. The van der Waals surface area contributed by atoms with Crippen LogP contribution < -0.4 is 5.73 Å². The van der Waals surface area contributed by atoms with Crippen molar-refractivity contribution >= 4 is 56.8 Å². The fourth-order valence-corrected chi connectivity index (χ4v) is 2.11. The third kappa shape index (κ3) is 2.72. The number of benzene rings is 1. The van der Waals surface area contributed by atoms with Crippen LogP contribution >= 0.6 is 45.2 Å². The molecule has 1 aromatic carbocycles. The highest BCUT2D eigenvalue weighted by Crippen LogP contribution is 2.22. The molecule has 2 N–H and O–H groups in total. The molecule has 0 aromatic heterocycles. The first-order valence-corrected chi connectivity index (χ1v) is 6.13. The number of ether oxygens (including phenoxy) is 1. The molecule has 0 saturated carbocycles. The maximum atomic E-state index is 11.5. The quantitative estimate of drug-likeness (QED) is 0.458. The first-order valence-electron chi connectivity index (χ1n) is 3.98. The van der Waals surface area contributed by atoms with Crippen LogP contribution in [0.2, 0.25) is 0 Å². The zero-order valence-corrected chi connectivity index (χ0v) is 11.8. The maximum absolute atomic E-state index is 11.5. The number of rotatable bonds is 2. The van der Waals surface area contributed by atoms with Gasteiger partial charge < -0.3 is 10.5 Å². The van der Waals surface area contributed by atoms with Crippen molar-refractivity contribution in [2.75, 3.05) is 12.3 Å². The zero-order chi connectivity index (χ0) is 10.7. The van der Waals surface area contributed by atoms with E-state index in [0.717, 1.165) is 7.14 Å². The number of carbonyl (C=O) groups excluding carboxylic acids is 1. The van der Waals surface area contributed by atoms with Crippen LogP contribution in [0.5, 0.6) is 0 Å². The highest BCUT2D eigenvalue weighted by atomic mass is 127. The Hall–Kier alpha value is -0.0500. The third-order valence-electron chi connectivity index (χ3n) is 1.58. The van der Waals surface area contributed by atoms with E-state index in [1.165, 1.54) is 0 Å². The largest absolute Gasteiger partial charge is 0.462 e. The van der Waals surface area contributed by atoms with Crippen molar-refractivity contribution in [2.45, 2.75) is 6.92 Å². The molecule has 0 atom stereocenters. The Bertz CT molecular complexity index is 366. The third-order valence-corrected chi connectivity index (χ3v) is 3.41. The van der Waals surface area contributed by atoms with Gasteiger partial charge in [0.15, 0.2) is 0 Å². The van der Waals surface area contributed by atoms with Gasteiger partial charge >= 0.3 is 5.97 Å². The average molecular weight is 417 g/mol. The molecule has 14 heavy (non-hydrogen) atoms. The van der Waals surface area contributed by atoms with Gasteiger partial charge in [-0.25, -0.2) is 4.79 Å². The molecule has 3 nitrogen and oxygen atoms in total. The molecule has 0 spiro atoms. The van der Waals surface area contributed by atoms with Crippen molar-refractivity contribution in [1.29, 1.82) is 0 Å². The van der Waals surface area contributed by atoms with Crippen LogP contribution in [0.3, 0.4) is 0 Å². The van der Waals surface area contributed by atoms with E-state index in [-0.39, 0.29) is 5.97 Å². The van der Waals surface area contributed by atoms with Crippen LogP contribution in [0, 0.1) is 7.14 Å². The van der Waals surface area contributed by atoms with Crippen LogP contribution in [0.4, 0.5) is 5.69 Å². The monoisotopic (exact) mass is 417 g/mol. The van der Waals surface area contributed by atoms with Gasteiger partial charge in [0.05, 0.1) is 12.2 Å². The van der Waals surface area contributed by atoms with Crippen LogP contribution in [-0.4, -0.2) is 12.6 Å². The normalized spacial score (nSPS) is 9.93. The molecule has 0 aliphatic carbocycles. The second-order valence-electron chi connectivity index (χ2n) is 2.57. The summed E-state index contributed by atoms with van der Waals surface area (Å²) in [5.74, 6) is -0.296. The number of halogens is 2. The lowest BCUT2D eigenvalue weighted by atomic mass is 10.2. The van der Waals surface area contributed by atoms with E-state index in [1.807, 2.05) is 0 Å². The molecule has 5 heteroatoms. The van der Waals surface area contributed by atoms with E-state index >= 15 is 0 Å². The molecule has 76 valence electrons. The summed E-state index contributed by atoms with van der Waals surface area (Å²) < 4.78 is 6.60. The molecule has 1 rings (SSSR count). The van der Waals surface area contributed by atoms with E-state index in [4.69, 9.17) is 10.5 Å². The fourth-order valence-electron chi connectivity index (χ4n) is 0.927. The Morgan fingerprint density at radius 3 is 2.64 bits per heavy atom. The zero-order valence-electron chi connectivity index (χ0n) is 7.51. The highest BCUT2D eigenvalue weighted by Gasteiger charge is 2.12. The molecule has 0 saturated heterocycles. The van der Waals surface area contributed by atoms with Crippen LogP contribution in [0.25, 0.3) is 0 Å². The number of esters is 1. The Morgan fingerprint density at radius 1 is 1.43 bits per heavy atom. The number of hydrogen-bond acceptors (Lipinski definition) is 3. The summed E-state index contributed by atoms with van der Waals surface area (Å²) >= 11 is 4.17. The molecule has 0 aliphatic rings. The highest BCUT2D eigenvalue weighted by molar-refractivity contribution is 14.1. The van der Waals surface area contributed by atoms with Crippen molar-refractivity contribution in [1.82, 2.24) is 0 Å². The van der Waals surface area contributed by atoms with E-state index < -0.39 is 0 Å². The average Bonchev–Trinajstić information content (AvgIpc) is 2.11. The van der Waals surface area contributed by atoms with Gasteiger partial charge in [0.2, 0.25) is 0 Å². The Balaban J connectivity index is 3.09.